The van der Waals surface area contributed by atoms with E-state index in [-0.39, 0.29) is 11.9 Å². The molecular weight excluding hydrogens is 139 g/mol. The van der Waals surface area contributed by atoms with E-state index in [2.05, 4.69) is 19.6 Å². The third-order valence-corrected chi connectivity index (χ3v) is 0.886. The molecule has 0 atom stereocenters. The molecule has 4 nitrogen and oxygen atoms in total. The predicted octanol–water partition coefficient (Wildman–Crippen LogP) is 0.748. The maximum absolute atomic E-state index is 11.4. The zero-order valence-corrected chi connectivity index (χ0v) is 5.24. The fourth-order valence-corrected chi connectivity index (χ4v) is 0.476. The van der Waals surface area contributed by atoms with E-state index in [0.717, 1.165) is 0 Å². The molecule has 0 bridgehead atoms. The van der Waals surface area contributed by atoms with Gasteiger partial charge in [0.25, 0.3) is 0 Å². The standard InChI is InChI=1S/C5H5FN2O2/c1-9-4-2-3-7-5(8-4)10-6/h2-3H,1H3. The van der Waals surface area contributed by atoms with Crippen LogP contribution in [0.1, 0.15) is 0 Å². The van der Waals surface area contributed by atoms with Gasteiger partial charge in [0.15, 0.2) is 0 Å². The first-order valence-corrected chi connectivity index (χ1v) is 2.52. The van der Waals surface area contributed by atoms with E-state index in [4.69, 9.17) is 0 Å². The van der Waals surface area contributed by atoms with Crippen LogP contribution >= 0.6 is 0 Å². The van der Waals surface area contributed by atoms with Crippen molar-refractivity contribution < 1.29 is 14.2 Å². The van der Waals surface area contributed by atoms with Gasteiger partial charge < -0.3 is 4.74 Å². The third-order valence-electron chi connectivity index (χ3n) is 0.886. The molecule has 0 unspecified atom stereocenters. The molecule has 1 heterocycles. The van der Waals surface area contributed by atoms with E-state index < -0.39 is 0 Å². The molecule has 0 fully saturated rings. The molecule has 1 rings (SSSR count). The van der Waals surface area contributed by atoms with Gasteiger partial charge in [-0.3, -0.25) is 4.94 Å². The number of ether oxygens (including phenoxy) is 1. The van der Waals surface area contributed by atoms with Crippen LogP contribution in [0.25, 0.3) is 0 Å². The van der Waals surface area contributed by atoms with E-state index in [1.807, 2.05) is 0 Å². The van der Waals surface area contributed by atoms with Crippen molar-refractivity contribution in [1.29, 1.82) is 0 Å². The first-order chi connectivity index (χ1) is 4.86. The highest BCUT2D eigenvalue weighted by atomic mass is 19.3. The lowest BCUT2D eigenvalue weighted by Gasteiger charge is -1.95. The van der Waals surface area contributed by atoms with Gasteiger partial charge in [-0.2, -0.15) is 4.98 Å². The molecule has 0 aromatic carbocycles. The van der Waals surface area contributed by atoms with Crippen LogP contribution in [-0.2, 0) is 0 Å². The van der Waals surface area contributed by atoms with Gasteiger partial charge in [-0.25, -0.2) is 4.98 Å². The molecule has 0 N–H and O–H groups in total. The van der Waals surface area contributed by atoms with Gasteiger partial charge in [0.05, 0.1) is 7.11 Å². The first kappa shape index (κ1) is 6.73. The van der Waals surface area contributed by atoms with Crippen LogP contribution in [-0.4, -0.2) is 17.1 Å². The maximum Gasteiger partial charge on any atom is 0.363 e. The van der Waals surface area contributed by atoms with Crippen molar-refractivity contribution in [2.45, 2.75) is 0 Å². The summed E-state index contributed by atoms with van der Waals surface area (Å²) in [5.74, 6) is 0.266. The van der Waals surface area contributed by atoms with Gasteiger partial charge in [0, 0.05) is 16.8 Å². The van der Waals surface area contributed by atoms with Crippen LogP contribution in [0.5, 0.6) is 11.9 Å². The summed E-state index contributed by atoms with van der Waals surface area (Å²) >= 11 is 0. The SMILES string of the molecule is COc1ccnc(OF)n1. The highest BCUT2D eigenvalue weighted by Gasteiger charge is 1.97. The van der Waals surface area contributed by atoms with Crippen molar-refractivity contribution in [2.75, 3.05) is 7.11 Å². The van der Waals surface area contributed by atoms with E-state index in [1.54, 1.807) is 0 Å². The van der Waals surface area contributed by atoms with Crippen molar-refractivity contribution in [3.63, 3.8) is 0 Å². The second-order valence-electron chi connectivity index (χ2n) is 1.46. The Morgan fingerprint density at radius 1 is 1.60 bits per heavy atom. The van der Waals surface area contributed by atoms with Gasteiger partial charge in [-0.1, -0.05) is 0 Å². The van der Waals surface area contributed by atoms with E-state index in [9.17, 15) is 4.53 Å². The van der Waals surface area contributed by atoms with Crippen LogP contribution in [0.2, 0.25) is 0 Å². The number of nitrogens with zero attached hydrogens (tertiary/aromatic N) is 2. The van der Waals surface area contributed by atoms with E-state index in [0.29, 0.717) is 0 Å². The Morgan fingerprint density at radius 3 is 3.00 bits per heavy atom. The van der Waals surface area contributed by atoms with Crippen molar-refractivity contribution >= 4 is 0 Å². The normalized spacial score (nSPS) is 9.00. The Hall–Kier alpha value is -1.39. The molecule has 0 saturated carbocycles. The Bertz CT molecular complexity index is 199. The summed E-state index contributed by atoms with van der Waals surface area (Å²) in [6.45, 7) is 0. The molecule has 0 amide bonds. The van der Waals surface area contributed by atoms with Gasteiger partial charge in [-0.15, -0.1) is 0 Å². The Kier molecular flexibility index (Phi) is 1.99. The second-order valence-corrected chi connectivity index (χ2v) is 1.46. The number of hydrogen-bond acceptors (Lipinski definition) is 4. The van der Waals surface area contributed by atoms with E-state index >= 15 is 0 Å². The van der Waals surface area contributed by atoms with Crippen LogP contribution < -0.4 is 9.68 Å². The number of halogens is 1. The molecule has 54 valence electrons. The fraction of sp³-hybridized carbons (Fsp3) is 0.200. The quantitative estimate of drug-likeness (QED) is 0.614. The summed E-state index contributed by atoms with van der Waals surface area (Å²) < 4.78 is 16.0. The summed E-state index contributed by atoms with van der Waals surface area (Å²) in [6, 6.07) is 1.14. The minimum absolute atomic E-state index is 0.266. The Morgan fingerprint density at radius 2 is 2.40 bits per heavy atom. The second kappa shape index (κ2) is 2.95. The van der Waals surface area contributed by atoms with Gasteiger partial charge >= 0.3 is 6.01 Å². The number of aromatic nitrogens is 2. The first-order valence-electron chi connectivity index (χ1n) is 2.52. The summed E-state index contributed by atoms with van der Waals surface area (Å²) in [4.78, 5) is 10.2. The fourth-order valence-electron chi connectivity index (χ4n) is 0.476. The molecule has 5 heteroatoms. The lowest BCUT2D eigenvalue weighted by Crippen LogP contribution is -1.91. The number of methoxy groups -OCH3 is 1. The molecule has 0 aliphatic carbocycles. The van der Waals surface area contributed by atoms with Crippen LogP contribution in [0.15, 0.2) is 12.3 Å². The highest BCUT2D eigenvalue weighted by Crippen LogP contribution is 2.08. The van der Waals surface area contributed by atoms with Crippen molar-refractivity contribution in [1.82, 2.24) is 9.97 Å². The van der Waals surface area contributed by atoms with Crippen LogP contribution in [0, 0.1) is 0 Å². The summed E-state index contributed by atoms with van der Waals surface area (Å²) in [5, 5.41) is 0. The van der Waals surface area contributed by atoms with Gasteiger partial charge in [0.2, 0.25) is 5.88 Å². The monoisotopic (exact) mass is 144 g/mol. The average molecular weight is 144 g/mol. The highest BCUT2D eigenvalue weighted by molar-refractivity contribution is 5.10. The zero-order valence-electron chi connectivity index (χ0n) is 5.24. The molecule has 0 radical (unpaired) electrons. The molecule has 0 spiro atoms. The minimum atomic E-state index is -0.348. The van der Waals surface area contributed by atoms with Crippen molar-refractivity contribution in [2.24, 2.45) is 0 Å². The molecule has 10 heavy (non-hydrogen) atoms. The van der Waals surface area contributed by atoms with Gasteiger partial charge in [0.1, 0.15) is 0 Å². The molecule has 0 aliphatic heterocycles. The summed E-state index contributed by atoms with van der Waals surface area (Å²) in [5.41, 5.74) is 0. The molecule has 1 aromatic heterocycles. The lowest BCUT2D eigenvalue weighted by atomic mass is 10.6. The summed E-state index contributed by atoms with van der Waals surface area (Å²) in [7, 11) is 1.42. The third kappa shape index (κ3) is 1.31. The topological polar surface area (TPSA) is 44.2 Å². The minimum Gasteiger partial charge on any atom is -0.481 e. The zero-order chi connectivity index (χ0) is 7.40. The Balaban J connectivity index is 2.87. The van der Waals surface area contributed by atoms with Crippen LogP contribution in [0.3, 0.4) is 0 Å². The summed E-state index contributed by atoms with van der Waals surface area (Å²) in [6.07, 6.45) is 1.33. The smallest absolute Gasteiger partial charge is 0.363 e. The van der Waals surface area contributed by atoms with Crippen molar-refractivity contribution in [3.8, 4) is 11.9 Å². The lowest BCUT2D eigenvalue weighted by molar-refractivity contribution is -0.0184. The molecule has 0 saturated heterocycles. The predicted molar refractivity (Wildman–Crippen MR) is 30.3 cm³/mol. The number of rotatable bonds is 2. The molecule has 0 aliphatic rings. The molecule has 1 aromatic rings. The van der Waals surface area contributed by atoms with Gasteiger partial charge in [-0.05, 0) is 0 Å². The largest absolute Gasteiger partial charge is 0.481 e. The van der Waals surface area contributed by atoms with Crippen LogP contribution in [0.4, 0.5) is 4.53 Å². The number of hydrogen-bond donors (Lipinski definition) is 0. The van der Waals surface area contributed by atoms with Crippen molar-refractivity contribution in [3.05, 3.63) is 12.3 Å². The Labute approximate surface area is 56.5 Å². The van der Waals surface area contributed by atoms with E-state index in [1.165, 1.54) is 19.4 Å². The average Bonchev–Trinajstić information content (AvgIpc) is 2.05. The maximum atomic E-state index is 11.4. The molecular formula is C5H5FN2O2.